The summed E-state index contributed by atoms with van der Waals surface area (Å²) >= 11 is 5.74. The number of carbonyl (C=O) groups excluding carboxylic acids is 2. The average molecular weight is 406 g/mol. The molecule has 8 nitrogen and oxygen atoms in total. The molecular weight excluding hydrogens is 394 g/mol. The van der Waals surface area contributed by atoms with Gasteiger partial charge >= 0.3 is 94.8 Å². The van der Waals surface area contributed by atoms with Crippen molar-refractivity contribution in [3.05, 3.63) is 29.3 Å². The smallest absolute Gasteiger partial charge is 0.807 e. The van der Waals surface area contributed by atoms with Crippen LogP contribution in [0, 0.1) is 0 Å². The van der Waals surface area contributed by atoms with Gasteiger partial charge in [0.15, 0.2) is 0 Å². The SMILES string of the molecule is CC(C)OC(=O)Nc1cccc(Cl)c1.O=C([O-])P(=O)([O-])[O-].[Na+].[Na+].[Na+]. The predicted octanol–water partition coefficient (Wildman–Crippen LogP) is -8.45. The van der Waals surface area contributed by atoms with E-state index in [2.05, 4.69) is 5.32 Å². The monoisotopic (exact) mass is 405 g/mol. The van der Waals surface area contributed by atoms with E-state index in [9.17, 15) is 4.79 Å². The molecule has 1 aromatic carbocycles. The molecule has 0 unspecified atom stereocenters. The maximum Gasteiger partial charge on any atom is 1.00 e. The third-order valence-electron chi connectivity index (χ3n) is 1.64. The van der Waals surface area contributed by atoms with Crippen LogP contribution in [0.4, 0.5) is 15.3 Å². The van der Waals surface area contributed by atoms with Crippen molar-refractivity contribution in [2.75, 3.05) is 5.32 Å². The second-order valence-electron chi connectivity index (χ2n) is 3.85. The number of rotatable bonds is 3. The average Bonchev–Trinajstić information content (AvgIpc) is 2.26. The van der Waals surface area contributed by atoms with Gasteiger partial charge in [-0.05, 0) is 39.6 Å². The molecule has 24 heavy (non-hydrogen) atoms. The van der Waals surface area contributed by atoms with Crippen LogP contribution in [0.2, 0.25) is 5.02 Å². The molecule has 0 aliphatic heterocycles. The minimum atomic E-state index is -5.43. The van der Waals surface area contributed by atoms with Crippen LogP contribution >= 0.6 is 19.2 Å². The van der Waals surface area contributed by atoms with E-state index in [1.807, 2.05) is 0 Å². The molecule has 1 rings (SSSR count). The molecule has 0 aromatic heterocycles. The maximum absolute atomic E-state index is 11.2. The van der Waals surface area contributed by atoms with Crippen molar-refractivity contribution in [1.82, 2.24) is 0 Å². The molecule has 0 atom stereocenters. The molecule has 0 fully saturated rings. The minimum Gasteiger partial charge on any atom is -0.807 e. The van der Waals surface area contributed by atoms with Gasteiger partial charge < -0.3 is 29.0 Å². The molecule has 118 valence electrons. The quantitative estimate of drug-likeness (QED) is 0.389. The van der Waals surface area contributed by atoms with Crippen LogP contribution < -0.4 is 109 Å². The van der Waals surface area contributed by atoms with E-state index in [0.29, 0.717) is 10.7 Å². The van der Waals surface area contributed by atoms with E-state index in [1.54, 1.807) is 38.1 Å². The van der Waals surface area contributed by atoms with Crippen molar-refractivity contribution < 1.29 is 122 Å². The first-order chi connectivity index (χ1) is 9.52. The molecule has 1 N–H and O–H groups in total. The Balaban J connectivity index is -0.000000175. The number of hydrogen-bond acceptors (Lipinski definition) is 7. The Kier molecular flexibility index (Phi) is 22.8. The number of benzene rings is 1. The first kappa shape index (κ1) is 33.0. The van der Waals surface area contributed by atoms with Crippen LogP contribution in [0.15, 0.2) is 24.3 Å². The number of anilines is 1. The summed E-state index contributed by atoms with van der Waals surface area (Å²) in [6.07, 6.45) is -0.601. The normalized spacial score (nSPS) is 9.08. The molecular formula is C11H12ClNNa3O7P. The Morgan fingerprint density at radius 2 is 1.67 bits per heavy atom. The third-order valence-corrected chi connectivity index (χ3v) is 2.32. The minimum absolute atomic E-state index is 0. The fraction of sp³-hybridized carbons (Fsp3) is 0.273. The first-order valence-corrected chi connectivity index (χ1v) is 7.41. The van der Waals surface area contributed by atoms with Crippen molar-refractivity contribution in [3.63, 3.8) is 0 Å². The summed E-state index contributed by atoms with van der Waals surface area (Å²) in [4.78, 5) is 38.5. The van der Waals surface area contributed by atoms with Crippen LogP contribution in [-0.2, 0) is 9.30 Å². The fourth-order valence-corrected chi connectivity index (χ4v) is 1.12. The Hall–Kier alpha value is 1.40. The number of nitrogens with one attached hydrogen (secondary N) is 1. The van der Waals surface area contributed by atoms with Gasteiger partial charge in [0.1, 0.15) is 0 Å². The topological polar surface area (TPSA) is 142 Å². The Morgan fingerprint density at radius 1 is 1.21 bits per heavy atom. The number of halogens is 1. The van der Waals surface area contributed by atoms with Crippen molar-refractivity contribution in [2.24, 2.45) is 0 Å². The summed E-state index contributed by atoms with van der Waals surface area (Å²) in [5, 5.41) is 12.2. The Labute approximate surface area is 211 Å². The van der Waals surface area contributed by atoms with Gasteiger partial charge in [-0.1, -0.05) is 17.7 Å². The molecule has 0 saturated heterocycles. The van der Waals surface area contributed by atoms with Gasteiger partial charge in [-0.25, -0.2) is 4.79 Å². The molecule has 0 aliphatic carbocycles. The molecule has 1 amide bonds. The van der Waals surface area contributed by atoms with Gasteiger partial charge in [0.2, 0.25) is 0 Å². The molecule has 13 heteroatoms. The third kappa shape index (κ3) is 18.2. The van der Waals surface area contributed by atoms with Crippen LogP contribution in [0.25, 0.3) is 0 Å². The largest absolute Gasteiger partial charge is 1.00 e. The predicted molar refractivity (Wildman–Crippen MR) is 69.7 cm³/mol. The van der Waals surface area contributed by atoms with Gasteiger partial charge in [-0.15, -0.1) is 0 Å². The molecule has 0 radical (unpaired) electrons. The maximum atomic E-state index is 11.2. The van der Waals surface area contributed by atoms with Crippen molar-refractivity contribution in [3.8, 4) is 0 Å². The summed E-state index contributed by atoms with van der Waals surface area (Å²) in [7, 11) is -5.43. The van der Waals surface area contributed by atoms with Crippen molar-refractivity contribution in [1.29, 1.82) is 0 Å². The number of ether oxygens (including phenoxy) is 1. The number of carboxylic acid groups (broad SMARTS) is 1. The van der Waals surface area contributed by atoms with E-state index in [0.717, 1.165) is 0 Å². The van der Waals surface area contributed by atoms with Crippen molar-refractivity contribution in [2.45, 2.75) is 20.0 Å². The molecule has 0 bridgehead atoms. The summed E-state index contributed by atoms with van der Waals surface area (Å²) < 4.78 is 14.0. The van der Waals surface area contributed by atoms with Gasteiger partial charge in [-0.3, -0.25) is 5.32 Å². The summed E-state index contributed by atoms with van der Waals surface area (Å²) in [6.45, 7) is 3.58. The van der Waals surface area contributed by atoms with Crippen LogP contribution in [0.1, 0.15) is 13.8 Å². The molecule has 1 aromatic rings. The zero-order valence-electron chi connectivity index (χ0n) is 14.1. The van der Waals surface area contributed by atoms with E-state index in [4.69, 9.17) is 40.6 Å². The summed E-state index contributed by atoms with van der Waals surface area (Å²) in [5.74, 6) is 0. The molecule has 0 aliphatic rings. The van der Waals surface area contributed by atoms with Crippen molar-refractivity contribution >= 4 is 36.7 Å². The zero-order valence-corrected chi connectivity index (χ0v) is 21.7. The van der Waals surface area contributed by atoms with E-state index >= 15 is 0 Å². The van der Waals surface area contributed by atoms with Crippen LogP contribution in [0.3, 0.4) is 0 Å². The van der Waals surface area contributed by atoms with Crippen LogP contribution in [0.5, 0.6) is 0 Å². The van der Waals surface area contributed by atoms with Crippen LogP contribution in [-0.4, -0.2) is 17.9 Å². The van der Waals surface area contributed by atoms with Gasteiger partial charge in [-0.2, -0.15) is 0 Å². The number of carbonyl (C=O) groups is 2. The van der Waals surface area contributed by atoms with Gasteiger partial charge in [0, 0.05) is 10.7 Å². The Bertz CT molecular complexity index is 556. The summed E-state index contributed by atoms with van der Waals surface area (Å²) in [6, 6.07) is 6.89. The number of amides is 1. The summed E-state index contributed by atoms with van der Waals surface area (Å²) in [5.41, 5.74) is -1.93. The fourth-order valence-electron chi connectivity index (χ4n) is 0.928. The van der Waals surface area contributed by atoms with Gasteiger partial charge in [0.05, 0.1) is 11.8 Å². The first-order valence-electron chi connectivity index (χ1n) is 5.49. The van der Waals surface area contributed by atoms with E-state index in [1.165, 1.54) is 0 Å². The number of hydrogen-bond donors (Lipinski definition) is 1. The molecule has 0 heterocycles. The Morgan fingerprint density at radius 3 is 2.00 bits per heavy atom. The molecule has 0 spiro atoms. The molecule has 0 saturated carbocycles. The zero-order chi connectivity index (χ0) is 16.6. The standard InChI is InChI=1S/C10H12ClNO2.CH3O5P.3Na/c1-7(2)14-10(13)12-9-5-3-4-8(11)6-9;2-1(3)7(4,5)6;;;/h3-7H,1-2H3,(H,12,13);(H,2,3)(H2,4,5,6);;;/q;;3*+1/p-3. The van der Waals surface area contributed by atoms with E-state index in [-0.39, 0.29) is 94.8 Å². The second kappa shape index (κ2) is 16.6. The van der Waals surface area contributed by atoms with Gasteiger partial charge in [0.25, 0.3) is 0 Å². The van der Waals surface area contributed by atoms with E-state index < -0.39 is 19.4 Å². The second-order valence-corrected chi connectivity index (χ2v) is 5.65.